The predicted molar refractivity (Wildman–Crippen MR) is 55.8 cm³/mol. The molecule has 6 nitrogen and oxygen atoms in total. The molecule has 90 valence electrons. The van der Waals surface area contributed by atoms with Gasteiger partial charge in [-0.15, -0.1) is 0 Å². The van der Waals surface area contributed by atoms with E-state index in [1.54, 1.807) is 0 Å². The van der Waals surface area contributed by atoms with Gasteiger partial charge < -0.3 is 15.5 Å². The summed E-state index contributed by atoms with van der Waals surface area (Å²) in [5.41, 5.74) is 0. The van der Waals surface area contributed by atoms with Crippen molar-refractivity contribution in [3.8, 4) is 0 Å². The summed E-state index contributed by atoms with van der Waals surface area (Å²) in [6.07, 6.45) is 1.74. The van der Waals surface area contributed by atoms with Gasteiger partial charge in [-0.2, -0.15) is 0 Å². The first-order valence-electron chi connectivity index (χ1n) is 4.77. The number of carboxylic acid groups (broad SMARTS) is 2. The highest BCUT2D eigenvalue weighted by Crippen LogP contribution is 2.04. The van der Waals surface area contributed by atoms with Crippen LogP contribution < -0.4 is 5.32 Å². The second-order valence-corrected chi connectivity index (χ2v) is 3.70. The van der Waals surface area contributed by atoms with Gasteiger partial charge in [0.25, 0.3) is 0 Å². The molecule has 0 radical (unpaired) electrons. The summed E-state index contributed by atoms with van der Waals surface area (Å²) in [7, 11) is 0. The van der Waals surface area contributed by atoms with Crippen LogP contribution in [0.3, 0.4) is 0 Å². The number of aliphatic carboxylic acids is 2. The SMILES string of the molecule is CC(C)C[C@H](NC(=O)/C=C/C(=O)O)C(=O)O. The third kappa shape index (κ3) is 6.58. The molecule has 0 fully saturated rings. The lowest BCUT2D eigenvalue weighted by Crippen LogP contribution is -2.40. The van der Waals surface area contributed by atoms with Gasteiger partial charge >= 0.3 is 11.9 Å². The first-order chi connectivity index (χ1) is 7.32. The first kappa shape index (κ1) is 14.2. The minimum atomic E-state index is -1.26. The summed E-state index contributed by atoms with van der Waals surface area (Å²) in [6.45, 7) is 3.66. The van der Waals surface area contributed by atoms with Crippen molar-refractivity contribution in [1.29, 1.82) is 0 Å². The van der Waals surface area contributed by atoms with Gasteiger partial charge in [-0.05, 0) is 12.3 Å². The maximum atomic E-state index is 11.1. The van der Waals surface area contributed by atoms with Crippen molar-refractivity contribution in [2.24, 2.45) is 5.92 Å². The maximum absolute atomic E-state index is 11.1. The molecule has 0 aliphatic rings. The molecule has 0 aromatic rings. The summed E-state index contributed by atoms with van der Waals surface area (Å²) >= 11 is 0. The Kier molecular flexibility index (Phi) is 5.84. The molecule has 3 N–H and O–H groups in total. The molecule has 0 unspecified atom stereocenters. The molecule has 0 bridgehead atoms. The van der Waals surface area contributed by atoms with Gasteiger partial charge in [0, 0.05) is 12.2 Å². The Hall–Kier alpha value is -1.85. The van der Waals surface area contributed by atoms with Crippen molar-refractivity contribution in [2.75, 3.05) is 0 Å². The van der Waals surface area contributed by atoms with Gasteiger partial charge in [-0.3, -0.25) is 4.79 Å². The molecule has 0 saturated carbocycles. The van der Waals surface area contributed by atoms with Crippen LogP contribution in [0, 0.1) is 5.92 Å². The molecule has 0 spiro atoms. The summed E-state index contributed by atoms with van der Waals surface area (Å²) in [6, 6.07) is -0.994. The van der Waals surface area contributed by atoms with Crippen LogP contribution in [0.2, 0.25) is 0 Å². The van der Waals surface area contributed by atoms with E-state index in [4.69, 9.17) is 10.2 Å². The van der Waals surface area contributed by atoms with Crippen LogP contribution in [0.25, 0.3) is 0 Å². The van der Waals surface area contributed by atoms with Crippen molar-refractivity contribution in [1.82, 2.24) is 5.32 Å². The minimum absolute atomic E-state index is 0.116. The minimum Gasteiger partial charge on any atom is -0.480 e. The zero-order chi connectivity index (χ0) is 12.7. The van der Waals surface area contributed by atoms with Gasteiger partial charge in [-0.1, -0.05) is 13.8 Å². The normalized spacial score (nSPS) is 12.7. The van der Waals surface area contributed by atoms with Crippen LogP contribution in [-0.4, -0.2) is 34.1 Å². The van der Waals surface area contributed by atoms with E-state index in [2.05, 4.69) is 5.32 Å². The molecule has 0 aliphatic heterocycles. The Labute approximate surface area is 93.0 Å². The van der Waals surface area contributed by atoms with Crippen LogP contribution >= 0.6 is 0 Å². The highest BCUT2D eigenvalue weighted by Gasteiger charge is 2.19. The van der Waals surface area contributed by atoms with Crippen molar-refractivity contribution in [3.05, 3.63) is 12.2 Å². The summed E-state index contributed by atoms with van der Waals surface area (Å²) in [4.78, 5) is 32.0. The lowest BCUT2D eigenvalue weighted by atomic mass is 10.0. The molecular weight excluding hydrogens is 214 g/mol. The van der Waals surface area contributed by atoms with Gasteiger partial charge in [0.2, 0.25) is 5.91 Å². The molecule has 0 aromatic carbocycles. The fourth-order valence-corrected chi connectivity index (χ4v) is 1.06. The quantitative estimate of drug-likeness (QED) is 0.566. The molecule has 0 saturated heterocycles. The van der Waals surface area contributed by atoms with Gasteiger partial charge in [0.05, 0.1) is 0 Å². The van der Waals surface area contributed by atoms with Crippen LogP contribution in [-0.2, 0) is 14.4 Å². The third-order valence-corrected chi connectivity index (χ3v) is 1.70. The maximum Gasteiger partial charge on any atom is 0.328 e. The van der Waals surface area contributed by atoms with Gasteiger partial charge in [0.1, 0.15) is 6.04 Å². The van der Waals surface area contributed by atoms with E-state index >= 15 is 0 Å². The zero-order valence-electron chi connectivity index (χ0n) is 9.14. The lowest BCUT2D eigenvalue weighted by Gasteiger charge is -2.14. The van der Waals surface area contributed by atoms with Gasteiger partial charge in [-0.25, -0.2) is 9.59 Å². The molecule has 0 aromatic heterocycles. The number of carbonyl (C=O) groups is 3. The molecular formula is C10H15NO5. The van der Waals surface area contributed by atoms with Crippen molar-refractivity contribution < 1.29 is 24.6 Å². The first-order valence-corrected chi connectivity index (χ1v) is 4.77. The van der Waals surface area contributed by atoms with Crippen LogP contribution in [0.15, 0.2) is 12.2 Å². The molecule has 0 aliphatic carbocycles. The fourth-order valence-electron chi connectivity index (χ4n) is 1.06. The molecule has 16 heavy (non-hydrogen) atoms. The second kappa shape index (κ2) is 6.60. The molecule has 0 heterocycles. The van der Waals surface area contributed by atoms with Gasteiger partial charge in [0.15, 0.2) is 0 Å². The highest BCUT2D eigenvalue weighted by atomic mass is 16.4. The number of carboxylic acids is 2. The average molecular weight is 229 g/mol. The number of nitrogens with one attached hydrogen (secondary N) is 1. The zero-order valence-corrected chi connectivity index (χ0v) is 9.14. The monoisotopic (exact) mass is 229 g/mol. The standard InChI is InChI=1S/C10H15NO5/c1-6(2)5-7(10(15)16)11-8(12)3-4-9(13)14/h3-4,6-7H,5H2,1-2H3,(H,11,12)(H,13,14)(H,15,16)/b4-3+/t7-/m0/s1. The Morgan fingerprint density at radius 1 is 1.19 bits per heavy atom. The van der Waals surface area contributed by atoms with E-state index in [1.165, 1.54) is 0 Å². The summed E-state index contributed by atoms with van der Waals surface area (Å²) in [5.74, 6) is -3.00. The van der Waals surface area contributed by atoms with Crippen LogP contribution in [0.4, 0.5) is 0 Å². The van der Waals surface area contributed by atoms with Crippen molar-refractivity contribution in [2.45, 2.75) is 26.3 Å². The Morgan fingerprint density at radius 3 is 2.12 bits per heavy atom. The number of amides is 1. The molecule has 1 amide bonds. The Morgan fingerprint density at radius 2 is 1.75 bits per heavy atom. The van der Waals surface area contributed by atoms with E-state index in [9.17, 15) is 14.4 Å². The Bertz CT molecular complexity index is 308. The predicted octanol–water partition coefficient (Wildman–Crippen LogP) is 0.243. The smallest absolute Gasteiger partial charge is 0.328 e. The Balaban J connectivity index is 4.35. The number of carbonyl (C=O) groups excluding carboxylic acids is 1. The van der Waals surface area contributed by atoms with E-state index in [0.29, 0.717) is 12.5 Å². The van der Waals surface area contributed by atoms with E-state index in [0.717, 1.165) is 6.08 Å². The largest absolute Gasteiger partial charge is 0.480 e. The molecule has 6 heteroatoms. The molecule has 0 rings (SSSR count). The van der Waals surface area contributed by atoms with E-state index < -0.39 is 23.9 Å². The van der Waals surface area contributed by atoms with E-state index in [1.807, 2.05) is 13.8 Å². The lowest BCUT2D eigenvalue weighted by molar-refractivity contribution is -0.141. The fraction of sp³-hybridized carbons (Fsp3) is 0.500. The topological polar surface area (TPSA) is 104 Å². The third-order valence-electron chi connectivity index (χ3n) is 1.70. The second-order valence-electron chi connectivity index (χ2n) is 3.70. The van der Waals surface area contributed by atoms with Crippen molar-refractivity contribution >= 4 is 17.8 Å². The summed E-state index contributed by atoms with van der Waals surface area (Å²) in [5, 5.41) is 19.3. The number of hydrogen-bond donors (Lipinski definition) is 3. The van der Waals surface area contributed by atoms with E-state index in [-0.39, 0.29) is 5.92 Å². The average Bonchev–Trinajstić information content (AvgIpc) is 2.12. The number of rotatable bonds is 6. The van der Waals surface area contributed by atoms with Crippen LogP contribution in [0.1, 0.15) is 20.3 Å². The molecule has 1 atom stereocenters. The van der Waals surface area contributed by atoms with Crippen LogP contribution in [0.5, 0.6) is 0 Å². The summed E-state index contributed by atoms with van der Waals surface area (Å²) < 4.78 is 0. The number of hydrogen-bond acceptors (Lipinski definition) is 3. The highest BCUT2D eigenvalue weighted by molar-refractivity contribution is 5.95. The van der Waals surface area contributed by atoms with Crippen molar-refractivity contribution in [3.63, 3.8) is 0 Å².